The minimum Gasteiger partial charge on any atom is -0.486 e. The molecule has 0 unspecified atom stereocenters. The van der Waals surface area contributed by atoms with Crippen LogP contribution in [0.2, 0.25) is 0 Å². The molecule has 0 radical (unpaired) electrons. The number of fused-ring (bicyclic) bond motifs is 1. The Bertz CT molecular complexity index is 746. The molecule has 0 atom stereocenters. The van der Waals surface area contributed by atoms with Gasteiger partial charge in [-0.25, -0.2) is 0 Å². The molecular formula is C20H22BrNO3. The number of amides is 1. The van der Waals surface area contributed by atoms with Crippen molar-refractivity contribution in [1.82, 2.24) is 4.90 Å². The maximum atomic E-state index is 12.9. The van der Waals surface area contributed by atoms with E-state index in [0.29, 0.717) is 31.9 Å². The fraction of sp³-hybridized carbons (Fsp3) is 0.350. The van der Waals surface area contributed by atoms with E-state index in [1.165, 1.54) is 0 Å². The summed E-state index contributed by atoms with van der Waals surface area (Å²) in [5.74, 6) is 1.52. The van der Waals surface area contributed by atoms with Crippen LogP contribution in [0.3, 0.4) is 0 Å². The highest BCUT2D eigenvalue weighted by molar-refractivity contribution is 9.10. The fourth-order valence-corrected chi connectivity index (χ4v) is 3.31. The Morgan fingerprint density at radius 1 is 1.12 bits per heavy atom. The lowest BCUT2D eigenvalue weighted by Crippen LogP contribution is -2.37. The highest BCUT2D eigenvalue weighted by Gasteiger charge is 2.21. The third-order valence-electron chi connectivity index (χ3n) is 4.19. The summed E-state index contributed by atoms with van der Waals surface area (Å²) in [4.78, 5) is 14.8. The summed E-state index contributed by atoms with van der Waals surface area (Å²) in [5.41, 5.74) is 2.04. The first-order valence-corrected chi connectivity index (χ1v) is 9.25. The molecule has 4 nitrogen and oxygen atoms in total. The largest absolute Gasteiger partial charge is 0.486 e. The number of ether oxygens (including phenoxy) is 2. The normalized spacial score (nSPS) is 13.0. The summed E-state index contributed by atoms with van der Waals surface area (Å²) in [6.07, 6.45) is 0.322. The van der Waals surface area contributed by atoms with Gasteiger partial charge in [0.05, 0.1) is 6.42 Å². The number of nitrogens with zero attached hydrogens (tertiary/aromatic N) is 1. The zero-order valence-electron chi connectivity index (χ0n) is 14.5. The molecule has 0 saturated heterocycles. The van der Waals surface area contributed by atoms with Crippen molar-refractivity contribution in [2.24, 2.45) is 0 Å². The van der Waals surface area contributed by atoms with Gasteiger partial charge in [0.15, 0.2) is 11.5 Å². The Morgan fingerprint density at radius 2 is 1.76 bits per heavy atom. The van der Waals surface area contributed by atoms with Gasteiger partial charge >= 0.3 is 0 Å². The number of carbonyl (C=O) groups is 1. The Morgan fingerprint density at radius 3 is 2.40 bits per heavy atom. The van der Waals surface area contributed by atoms with E-state index >= 15 is 0 Å². The molecule has 2 aromatic carbocycles. The SMILES string of the molecule is CC(C)N(Cc1ccccc1)C(=O)Cc1cc2c(cc1Br)OCCO2. The summed E-state index contributed by atoms with van der Waals surface area (Å²) < 4.78 is 12.1. The van der Waals surface area contributed by atoms with Gasteiger partial charge < -0.3 is 14.4 Å². The van der Waals surface area contributed by atoms with Gasteiger partial charge in [-0.05, 0) is 37.1 Å². The van der Waals surface area contributed by atoms with Crippen LogP contribution in [0.5, 0.6) is 11.5 Å². The van der Waals surface area contributed by atoms with Gasteiger partial charge in [0, 0.05) is 17.1 Å². The zero-order valence-corrected chi connectivity index (χ0v) is 16.1. The van der Waals surface area contributed by atoms with Crippen molar-refractivity contribution < 1.29 is 14.3 Å². The Balaban J connectivity index is 1.77. The lowest BCUT2D eigenvalue weighted by atomic mass is 10.1. The molecule has 1 aliphatic rings. The zero-order chi connectivity index (χ0) is 17.8. The molecule has 0 saturated carbocycles. The number of hydrogen-bond acceptors (Lipinski definition) is 3. The van der Waals surface area contributed by atoms with Crippen LogP contribution in [-0.4, -0.2) is 30.1 Å². The van der Waals surface area contributed by atoms with Crippen molar-refractivity contribution in [3.05, 3.63) is 58.1 Å². The van der Waals surface area contributed by atoms with E-state index < -0.39 is 0 Å². The van der Waals surface area contributed by atoms with Gasteiger partial charge in [0.1, 0.15) is 13.2 Å². The first kappa shape index (κ1) is 17.8. The smallest absolute Gasteiger partial charge is 0.227 e. The second-order valence-corrected chi connectivity index (χ2v) is 7.22. The first-order chi connectivity index (χ1) is 12.0. The summed E-state index contributed by atoms with van der Waals surface area (Å²) in [6.45, 7) is 5.78. The Kier molecular flexibility index (Phi) is 5.63. The van der Waals surface area contributed by atoms with Crippen LogP contribution in [0.4, 0.5) is 0 Å². The molecule has 1 heterocycles. The van der Waals surface area contributed by atoms with Crippen molar-refractivity contribution in [1.29, 1.82) is 0 Å². The van der Waals surface area contributed by atoms with Gasteiger partial charge in [-0.2, -0.15) is 0 Å². The van der Waals surface area contributed by atoms with Crippen molar-refractivity contribution in [3.63, 3.8) is 0 Å². The van der Waals surface area contributed by atoms with E-state index in [-0.39, 0.29) is 11.9 Å². The fourth-order valence-electron chi connectivity index (χ4n) is 2.84. The summed E-state index contributed by atoms with van der Waals surface area (Å²) in [6, 6.07) is 14.0. The first-order valence-electron chi connectivity index (χ1n) is 8.46. The number of hydrogen-bond donors (Lipinski definition) is 0. The summed E-state index contributed by atoms with van der Waals surface area (Å²) in [7, 11) is 0. The summed E-state index contributed by atoms with van der Waals surface area (Å²) in [5, 5.41) is 0. The molecule has 2 aromatic rings. The monoisotopic (exact) mass is 403 g/mol. The molecule has 1 amide bonds. The van der Waals surface area contributed by atoms with Gasteiger partial charge in [-0.15, -0.1) is 0 Å². The molecule has 132 valence electrons. The van der Waals surface area contributed by atoms with E-state index in [2.05, 4.69) is 15.9 Å². The third-order valence-corrected chi connectivity index (χ3v) is 4.93. The predicted molar refractivity (Wildman–Crippen MR) is 101 cm³/mol. The van der Waals surface area contributed by atoms with E-state index in [1.54, 1.807) is 0 Å². The van der Waals surface area contributed by atoms with Gasteiger partial charge in [0.25, 0.3) is 0 Å². The molecule has 0 aliphatic carbocycles. The van der Waals surface area contributed by atoms with Crippen LogP contribution in [-0.2, 0) is 17.8 Å². The molecule has 0 spiro atoms. The molecule has 25 heavy (non-hydrogen) atoms. The van der Waals surface area contributed by atoms with Crippen molar-refractivity contribution in [2.45, 2.75) is 32.9 Å². The van der Waals surface area contributed by atoms with E-state index in [1.807, 2.05) is 61.2 Å². The Labute approximate surface area is 156 Å². The average molecular weight is 404 g/mol. The highest BCUT2D eigenvalue weighted by Crippen LogP contribution is 2.36. The van der Waals surface area contributed by atoms with Crippen LogP contribution in [0, 0.1) is 0 Å². The molecule has 3 rings (SSSR count). The van der Waals surface area contributed by atoms with E-state index in [9.17, 15) is 4.79 Å². The van der Waals surface area contributed by atoms with Gasteiger partial charge in [-0.3, -0.25) is 4.79 Å². The van der Waals surface area contributed by atoms with Crippen LogP contribution in [0.15, 0.2) is 46.9 Å². The quantitative estimate of drug-likeness (QED) is 0.750. The topological polar surface area (TPSA) is 38.8 Å². The average Bonchev–Trinajstić information content (AvgIpc) is 2.61. The minimum absolute atomic E-state index is 0.0937. The van der Waals surface area contributed by atoms with E-state index in [4.69, 9.17) is 9.47 Å². The Hall–Kier alpha value is -2.01. The number of carbonyl (C=O) groups excluding carboxylic acids is 1. The maximum absolute atomic E-state index is 12.9. The van der Waals surface area contributed by atoms with Crippen molar-refractivity contribution >= 4 is 21.8 Å². The highest BCUT2D eigenvalue weighted by atomic mass is 79.9. The minimum atomic E-state index is 0.0937. The summed E-state index contributed by atoms with van der Waals surface area (Å²) >= 11 is 3.55. The van der Waals surface area contributed by atoms with Crippen LogP contribution >= 0.6 is 15.9 Å². The second-order valence-electron chi connectivity index (χ2n) is 6.37. The molecule has 0 fully saturated rings. The predicted octanol–water partition coefficient (Wildman–Crippen LogP) is 4.20. The molecule has 1 aliphatic heterocycles. The van der Waals surface area contributed by atoms with Crippen LogP contribution < -0.4 is 9.47 Å². The molecule has 0 bridgehead atoms. The van der Waals surface area contributed by atoms with Crippen LogP contribution in [0.1, 0.15) is 25.0 Å². The molecule has 5 heteroatoms. The number of rotatable bonds is 5. The molecular weight excluding hydrogens is 382 g/mol. The number of halogens is 1. The maximum Gasteiger partial charge on any atom is 0.227 e. The third kappa shape index (κ3) is 4.34. The second kappa shape index (κ2) is 7.91. The molecule has 0 N–H and O–H groups in total. The lowest BCUT2D eigenvalue weighted by Gasteiger charge is -2.27. The van der Waals surface area contributed by atoms with Crippen molar-refractivity contribution in [3.8, 4) is 11.5 Å². The van der Waals surface area contributed by atoms with Crippen molar-refractivity contribution in [2.75, 3.05) is 13.2 Å². The van der Waals surface area contributed by atoms with Gasteiger partial charge in [0.2, 0.25) is 5.91 Å². The standard InChI is InChI=1S/C20H22BrNO3/c1-14(2)22(13-15-6-4-3-5-7-15)20(23)11-16-10-18-19(12-17(16)21)25-9-8-24-18/h3-7,10,12,14H,8-9,11,13H2,1-2H3. The van der Waals surface area contributed by atoms with Gasteiger partial charge in [-0.1, -0.05) is 46.3 Å². The van der Waals surface area contributed by atoms with Crippen LogP contribution in [0.25, 0.3) is 0 Å². The number of benzene rings is 2. The lowest BCUT2D eigenvalue weighted by molar-refractivity contribution is -0.132. The molecule has 0 aromatic heterocycles. The van der Waals surface area contributed by atoms with E-state index in [0.717, 1.165) is 21.3 Å².